The van der Waals surface area contributed by atoms with Gasteiger partial charge in [0.2, 0.25) is 0 Å². The minimum absolute atomic E-state index is 0.104. The molecule has 1 aliphatic carbocycles. The molecule has 8 nitrogen and oxygen atoms in total. The van der Waals surface area contributed by atoms with Gasteiger partial charge in [-0.2, -0.15) is 0 Å². The minimum atomic E-state index is -0.495. The van der Waals surface area contributed by atoms with E-state index >= 15 is 4.39 Å². The third-order valence-electron chi connectivity index (χ3n) is 9.05. The van der Waals surface area contributed by atoms with Crippen LogP contribution in [0.5, 0.6) is 11.5 Å². The Morgan fingerprint density at radius 3 is 2.79 bits per heavy atom. The average Bonchev–Trinajstić information content (AvgIpc) is 3.13. The molecule has 1 saturated carbocycles. The molecule has 3 aliphatic rings. The third-order valence-corrected chi connectivity index (χ3v) is 9.05. The second-order valence-corrected chi connectivity index (χ2v) is 12.4. The van der Waals surface area contributed by atoms with Crippen molar-refractivity contribution in [1.82, 2.24) is 20.0 Å². The smallest absolute Gasteiger partial charge is 0.321 e. The zero-order valence-corrected chi connectivity index (χ0v) is 25.9. The summed E-state index contributed by atoms with van der Waals surface area (Å²) in [5, 5.41) is 13.7. The van der Waals surface area contributed by atoms with Crippen molar-refractivity contribution < 1.29 is 19.0 Å². The number of aromatic hydroxyl groups is 1. The Bertz CT molecular complexity index is 1440. The van der Waals surface area contributed by atoms with Crippen LogP contribution in [0.4, 0.5) is 9.18 Å². The number of nitrogens with zero attached hydrogens (tertiary/aromatic N) is 3. The number of phenols is 1. The number of rotatable bonds is 7. The number of ether oxygens (including phenoxy) is 1. The molecule has 2 aliphatic heterocycles. The number of carbonyl (C=O) groups excluding carboxylic acids is 1. The average molecular weight is 590 g/mol. The molecule has 2 amide bonds. The molecule has 0 radical (unpaired) electrons. The Morgan fingerprint density at radius 1 is 1.30 bits per heavy atom. The molecule has 0 spiro atoms. The lowest BCUT2D eigenvalue weighted by molar-refractivity contribution is 0.0114. The van der Waals surface area contributed by atoms with Gasteiger partial charge in [0.25, 0.3) is 0 Å². The van der Waals surface area contributed by atoms with Crippen molar-refractivity contribution in [2.24, 2.45) is 17.6 Å². The van der Waals surface area contributed by atoms with Crippen molar-refractivity contribution in [2.75, 3.05) is 40.3 Å². The lowest BCUT2D eigenvalue weighted by Crippen LogP contribution is -2.61. The van der Waals surface area contributed by atoms with Gasteiger partial charge < -0.3 is 30.7 Å². The molecule has 2 fully saturated rings. The highest BCUT2D eigenvalue weighted by Crippen LogP contribution is 2.46. The number of hydrogen-bond acceptors (Lipinski definition) is 6. The maximum Gasteiger partial charge on any atom is 0.321 e. The summed E-state index contributed by atoms with van der Waals surface area (Å²) in [5.41, 5.74) is 9.97. The number of fused-ring (bicyclic) bond motifs is 2. The van der Waals surface area contributed by atoms with Gasteiger partial charge >= 0.3 is 6.03 Å². The molecular formula is C34H44FN5O3. The quantitative estimate of drug-likeness (QED) is 0.412. The van der Waals surface area contributed by atoms with E-state index in [4.69, 9.17) is 10.5 Å². The van der Waals surface area contributed by atoms with Gasteiger partial charge in [0.15, 0.2) is 0 Å². The van der Waals surface area contributed by atoms with Crippen LogP contribution in [0.2, 0.25) is 0 Å². The van der Waals surface area contributed by atoms with Crippen molar-refractivity contribution in [3.63, 3.8) is 0 Å². The summed E-state index contributed by atoms with van der Waals surface area (Å²) in [4.78, 5) is 19.6. The zero-order chi connectivity index (χ0) is 30.8. The van der Waals surface area contributed by atoms with E-state index in [1.165, 1.54) is 18.2 Å². The molecule has 43 heavy (non-hydrogen) atoms. The van der Waals surface area contributed by atoms with Crippen LogP contribution in [-0.2, 0) is 13.0 Å². The fourth-order valence-corrected chi connectivity index (χ4v) is 6.69. The van der Waals surface area contributed by atoms with Crippen molar-refractivity contribution in [2.45, 2.75) is 58.7 Å². The first kappa shape index (κ1) is 30.7. The van der Waals surface area contributed by atoms with E-state index < -0.39 is 5.82 Å². The first-order valence-electron chi connectivity index (χ1n) is 15.2. The molecule has 9 heteroatoms. The van der Waals surface area contributed by atoms with Gasteiger partial charge in [-0.3, -0.25) is 4.90 Å². The van der Waals surface area contributed by atoms with Crippen LogP contribution in [0.1, 0.15) is 50.3 Å². The fraction of sp³-hybridized carbons (Fsp3) is 0.500. The lowest BCUT2D eigenvalue weighted by Gasteiger charge is -2.49. The van der Waals surface area contributed by atoms with E-state index in [9.17, 15) is 9.90 Å². The summed E-state index contributed by atoms with van der Waals surface area (Å²) < 4.78 is 21.8. The van der Waals surface area contributed by atoms with Crippen LogP contribution in [0.3, 0.4) is 0 Å². The number of amides is 2. The number of hydrogen-bond donors (Lipinski definition) is 3. The molecular weight excluding hydrogens is 545 g/mol. The SMILES string of the molecule is CC#Cc1cc2c(c(CCN(C)C)c1-c1c(O)cccc1F)OCCN(C1CC3CCN(C(=O)N/C=C(\N)C(C)C)C31)C2. The lowest BCUT2D eigenvalue weighted by atomic mass is 9.74. The highest BCUT2D eigenvalue weighted by atomic mass is 19.1. The molecule has 2 heterocycles. The molecule has 4 N–H and O–H groups in total. The molecule has 3 atom stereocenters. The zero-order valence-electron chi connectivity index (χ0n) is 25.9. The fourth-order valence-electron chi connectivity index (χ4n) is 6.69. The van der Waals surface area contributed by atoms with Gasteiger partial charge in [0, 0.05) is 66.4 Å². The second kappa shape index (κ2) is 12.9. The molecule has 230 valence electrons. The van der Waals surface area contributed by atoms with Crippen LogP contribution in [0.25, 0.3) is 11.1 Å². The maximum atomic E-state index is 15.3. The van der Waals surface area contributed by atoms with Gasteiger partial charge in [-0.05, 0) is 70.3 Å². The topological polar surface area (TPSA) is 94.3 Å². The monoisotopic (exact) mass is 589 g/mol. The van der Waals surface area contributed by atoms with E-state index in [1.807, 2.05) is 38.9 Å². The first-order valence-corrected chi connectivity index (χ1v) is 15.2. The number of phenolic OH excluding ortho intramolecular Hbond substituents is 1. The van der Waals surface area contributed by atoms with Crippen LogP contribution in [-0.4, -0.2) is 78.3 Å². The largest absolute Gasteiger partial charge is 0.507 e. The summed E-state index contributed by atoms with van der Waals surface area (Å²) in [7, 11) is 4.00. The summed E-state index contributed by atoms with van der Waals surface area (Å²) in [6.07, 6.45) is 4.26. The van der Waals surface area contributed by atoms with Crippen molar-refractivity contribution in [3.8, 4) is 34.5 Å². The number of carbonyl (C=O) groups is 1. The molecule has 5 rings (SSSR count). The predicted molar refractivity (Wildman–Crippen MR) is 167 cm³/mol. The van der Waals surface area contributed by atoms with Crippen LogP contribution >= 0.6 is 0 Å². The van der Waals surface area contributed by atoms with Gasteiger partial charge in [0.1, 0.15) is 23.9 Å². The number of halogens is 1. The number of urea groups is 1. The molecule has 0 aromatic heterocycles. The summed E-state index contributed by atoms with van der Waals surface area (Å²) in [6.45, 7) is 9.02. The predicted octanol–water partition coefficient (Wildman–Crippen LogP) is 4.50. The van der Waals surface area contributed by atoms with Crippen molar-refractivity contribution in [3.05, 3.63) is 58.7 Å². The number of nitrogens with one attached hydrogen (secondary N) is 1. The Hall–Kier alpha value is -3.74. The first-order chi connectivity index (χ1) is 20.6. The summed E-state index contributed by atoms with van der Waals surface area (Å²) in [5.74, 6) is 6.96. The number of benzene rings is 2. The highest BCUT2D eigenvalue weighted by Gasteiger charge is 2.52. The van der Waals surface area contributed by atoms with Gasteiger partial charge in [0.05, 0.1) is 11.6 Å². The van der Waals surface area contributed by atoms with E-state index in [-0.39, 0.29) is 35.3 Å². The number of allylic oxidation sites excluding steroid dienone is 1. The molecule has 2 aromatic carbocycles. The molecule has 3 unspecified atom stereocenters. The Labute approximate surface area is 254 Å². The Kier molecular flexibility index (Phi) is 9.19. The number of nitrogens with two attached hydrogens (primary N) is 1. The summed E-state index contributed by atoms with van der Waals surface area (Å²) >= 11 is 0. The number of likely N-dealkylation sites (tertiary alicyclic amines) is 1. The maximum absolute atomic E-state index is 15.3. The van der Waals surface area contributed by atoms with E-state index in [1.54, 1.807) is 13.1 Å². The molecule has 0 bridgehead atoms. The van der Waals surface area contributed by atoms with E-state index in [0.717, 1.165) is 42.8 Å². The van der Waals surface area contributed by atoms with E-state index in [0.29, 0.717) is 48.9 Å². The Morgan fingerprint density at radius 2 is 2.09 bits per heavy atom. The van der Waals surface area contributed by atoms with Crippen LogP contribution in [0, 0.1) is 29.5 Å². The summed E-state index contributed by atoms with van der Waals surface area (Å²) in [6, 6.07) is 6.62. The minimum Gasteiger partial charge on any atom is -0.507 e. The molecule has 2 aromatic rings. The normalized spacial score (nSPS) is 21.8. The van der Waals surface area contributed by atoms with Crippen molar-refractivity contribution in [1.29, 1.82) is 0 Å². The number of likely N-dealkylation sites (N-methyl/N-ethyl adjacent to an activating group) is 1. The molecule has 1 saturated heterocycles. The van der Waals surface area contributed by atoms with Crippen LogP contribution < -0.4 is 15.8 Å². The van der Waals surface area contributed by atoms with Gasteiger partial charge in [-0.15, -0.1) is 5.92 Å². The van der Waals surface area contributed by atoms with Gasteiger partial charge in [-0.25, -0.2) is 9.18 Å². The second-order valence-electron chi connectivity index (χ2n) is 12.4. The van der Waals surface area contributed by atoms with E-state index in [2.05, 4.69) is 27.0 Å². The Balaban J connectivity index is 1.49. The van der Waals surface area contributed by atoms with Crippen molar-refractivity contribution >= 4 is 6.03 Å². The highest BCUT2D eigenvalue weighted by molar-refractivity contribution is 5.82. The van der Waals surface area contributed by atoms with Gasteiger partial charge in [-0.1, -0.05) is 25.8 Å². The standard InChI is InChI=1S/C34H44FN5O3/c1-6-8-22-17-24-20-39(28-18-23-11-14-40(32(23)28)34(42)37-19-27(36)21(2)3)15-16-43-33(24)25(12-13-38(4)5)30(22)31-26(35)9-7-10-29(31)41/h7,9-10,17,19,21,23,28,32,41H,11-16,18,20,36H2,1-5H3,(H,37,42)/b27-19-. The van der Waals surface area contributed by atoms with Crippen LogP contribution in [0.15, 0.2) is 36.2 Å². The third kappa shape index (κ3) is 6.17.